The van der Waals surface area contributed by atoms with Crippen molar-refractivity contribution in [3.05, 3.63) is 0 Å². The monoisotopic (exact) mass is 294 g/mol. The number of alkyl halides is 3. The van der Waals surface area contributed by atoms with Crippen LogP contribution in [0.3, 0.4) is 0 Å². The van der Waals surface area contributed by atoms with Crippen LogP contribution in [0.4, 0.5) is 13.2 Å². The summed E-state index contributed by atoms with van der Waals surface area (Å²) in [6, 6.07) is 0. The molecule has 3 N–H and O–H groups in total. The van der Waals surface area contributed by atoms with Crippen LogP contribution in [0, 0.1) is 10.8 Å². The number of nitrogens with one attached hydrogen (secondary N) is 2. The molecule has 0 spiro atoms. The third-order valence-corrected chi connectivity index (χ3v) is 4.48. The van der Waals surface area contributed by atoms with Gasteiger partial charge >= 0.3 is 12.1 Å². The van der Waals surface area contributed by atoms with Crippen molar-refractivity contribution in [2.24, 2.45) is 10.8 Å². The molecular formula is C12H17F3N2O3. The van der Waals surface area contributed by atoms with E-state index in [4.69, 9.17) is 5.11 Å². The number of rotatable bonds is 4. The Morgan fingerprint density at radius 1 is 1.25 bits per heavy atom. The Balaban J connectivity index is 2.05. The summed E-state index contributed by atoms with van der Waals surface area (Å²) in [6.07, 6.45) is -3.47. The van der Waals surface area contributed by atoms with E-state index in [2.05, 4.69) is 10.6 Å². The zero-order valence-electron chi connectivity index (χ0n) is 10.8. The van der Waals surface area contributed by atoms with Crippen molar-refractivity contribution in [1.82, 2.24) is 10.6 Å². The molecule has 1 heterocycles. The largest absolute Gasteiger partial charge is 0.481 e. The van der Waals surface area contributed by atoms with Crippen molar-refractivity contribution in [3.8, 4) is 0 Å². The first kappa shape index (κ1) is 15.1. The zero-order chi connectivity index (χ0) is 15.0. The number of amides is 1. The van der Waals surface area contributed by atoms with Gasteiger partial charge < -0.3 is 15.7 Å². The SMILES string of the molecule is O=C(O)C1(CNC(=O)C2(C(F)(F)F)CCNC2)CCC1. The Labute approximate surface area is 113 Å². The highest BCUT2D eigenvalue weighted by Gasteiger charge is 2.61. The van der Waals surface area contributed by atoms with Gasteiger partial charge in [-0.05, 0) is 25.8 Å². The maximum Gasteiger partial charge on any atom is 0.404 e. The van der Waals surface area contributed by atoms with Gasteiger partial charge in [0.2, 0.25) is 5.91 Å². The summed E-state index contributed by atoms with van der Waals surface area (Å²) in [5, 5.41) is 13.9. The molecule has 1 amide bonds. The predicted molar refractivity (Wildman–Crippen MR) is 62.9 cm³/mol. The molecule has 2 fully saturated rings. The fourth-order valence-electron chi connectivity index (χ4n) is 2.74. The Morgan fingerprint density at radius 3 is 2.25 bits per heavy atom. The summed E-state index contributed by atoms with van der Waals surface area (Å²) in [5.41, 5.74) is -3.52. The van der Waals surface area contributed by atoms with Gasteiger partial charge in [0, 0.05) is 13.1 Å². The number of aliphatic carboxylic acids is 1. The molecule has 1 saturated heterocycles. The van der Waals surface area contributed by atoms with Crippen LogP contribution >= 0.6 is 0 Å². The quantitative estimate of drug-likeness (QED) is 0.720. The topological polar surface area (TPSA) is 78.4 Å². The smallest absolute Gasteiger partial charge is 0.404 e. The van der Waals surface area contributed by atoms with Gasteiger partial charge in [0.1, 0.15) is 0 Å². The van der Waals surface area contributed by atoms with Crippen molar-refractivity contribution in [2.45, 2.75) is 31.9 Å². The fourth-order valence-corrected chi connectivity index (χ4v) is 2.74. The van der Waals surface area contributed by atoms with Crippen molar-refractivity contribution in [3.63, 3.8) is 0 Å². The second kappa shape index (κ2) is 4.91. The molecule has 0 aromatic heterocycles. The first-order chi connectivity index (χ1) is 9.24. The van der Waals surface area contributed by atoms with Gasteiger partial charge in [0.05, 0.1) is 5.41 Å². The number of carboxylic acid groups (broad SMARTS) is 1. The molecule has 1 atom stereocenters. The van der Waals surface area contributed by atoms with E-state index in [0.29, 0.717) is 19.3 Å². The highest BCUT2D eigenvalue weighted by atomic mass is 19.4. The minimum atomic E-state index is -4.64. The molecule has 1 aliphatic heterocycles. The molecule has 1 saturated carbocycles. The fraction of sp³-hybridized carbons (Fsp3) is 0.833. The van der Waals surface area contributed by atoms with Gasteiger partial charge in [0.15, 0.2) is 5.41 Å². The lowest BCUT2D eigenvalue weighted by Crippen LogP contribution is -2.56. The number of hydrogen-bond acceptors (Lipinski definition) is 3. The highest BCUT2D eigenvalue weighted by Crippen LogP contribution is 2.44. The van der Waals surface area contributed by atoms with E-state index in [1.807, 2.05) is 0 Å². The number of hydrogen-bond donors (Lipinski definition) is 3. The summed E-state index contributed by atoms with van der Waals surface area (Å²) in [5.74, 6) is -2.18. The minimum absolute atomic E-state index is 0.122. The summed E-state index contributed by atoms with van der Waals surface area (Å²) >= 11 is 0. The molecule has 0 radical (unpaired) electrons. The summed E-state index contributed by atoms with van der Waals surface area (Å²) < 4.78 is 39.4. The summed E-state index contributed by atoms with van der Waals surface area (Å²) in [4.78, 5) is 23.1. The Hall–Kier alpha value is -1.31. The first-order valence-corrected chi connectivity index (χ1v) is 6.53. The highest BCUT2D eigenvalue weighted by molar-refractivity contribution is 5.85. The number of carboxylic acids is 1. The van der Waals surface area contributed by atoms with Gasteiger partial charge in [-0.25, -0.2) is 0 Å². The van der Waals surface area contributed by atoms with E-state index in [9.17, 15) is 22.8 Å². The van der Waals surface area contributed by atoms with E-state index < -0.39 is 35.4 Å². The van der Waals surface area contributed by atoms with E-state index in [1.54, 1.807) is 0 Å². The molecule has 0 aromatic carbocycles. The average Bonchev–Trinajstić information content (AvgIpc) is 2.75. The lowest BCUT2D eigenvalue weighted by Gasteiger charge is -2.39. The predicted octanol–water partition coefficient (Wildman–Crippen LogP) is 0.899. The number of carbonyl (C=O) groups is 2. The van der Waals surface area contributed by atoms with Crippen molar-refractivity contribution in [1.29, 1.82) is 0 Å². The standard InChI is InChI=1S/C12H17F3N2O3/c13-12(14,15)11(4-5-16-7-11)8(18)17-6-10(9(19)20)2-1-3-10/h16H,1-7H2,(H,17,18)(H,19,20). The van der Waals surface area contributed by atoms with Gasteiger partial charge in [-0.15, -0.1) is 0 Å². The maximum atomic E-state index is 13.1. The summed E-state index contributed by atoms with van der Waals surface area (Å²) in [6.45, 7) is -0.571. The van der Waals surface area contributed by atoms with Crippen LogP contribution in [0.5, 0.6) is 0 Å². The molecule has 0 aromatic rings. The molecule has 2 aliphatic rings. The van der Waals surface area contributed by atoms with Crippen LogP contribution in [-0.4, -0.2) is 42.8 Å². The number of halogens is 3. The third kappa shape index (κ3) is 2.25. The van der Waals surface area contributed by atoms with E-state index in [1.165, 1.54) is 0 Å². The molecule has 20 heavy (non-hydrogen) atoms. The van der Waals surface area contributed by atoms with E-state index in [-0.39, 0.29) is 19.5 Å². The summed E-state index contributed by atoms with van der Waals surface area (Å²) in [7, 11) is 0. The molecule has 1 unspecified atom stereocenters. The van der Waals surface area contributed by atoms with Crippen LogP contribution < -0.4 is 10.6 Å². The zero-order valence-corrected chi connectivity index (χ0v) is 10.8. The molecule has 0 bridgehead atoms. The molecule has 5 nitrogen and oxygen atoms in total. The van der Waals surface area contributed by atoms with Crippen molar-refractivity contribution in [2.75, 3.05) is 19.6 Å². The normalized spacial score (nSPS) is 28.8. The van der Waals surface area contributed by atoms with Crippen molar-refractivity contribution < 1.29 is 27.9 Å². The lowest BCUT2D eigenvalue weighted by molar-refractivity contribution is -0.216. The second-order valence-electron chi connectivity index (χ2n) is 5.63. The van der Waals surface area contributed by atoms with Crippen LogP contribution in [0.2, 0.25) is 0 Å². The number of carbonyl (C=O) groups excluding carboxylic acids is 1. The first-order valence-electron chi connectivity index (χ1n) is 6.53. The Bertz CT molecular complexity index is 413. The molecule has 114 valence electrons. The van der Waals surface area contributed by atoms with Gasteiger partial charge in [-0.3, -0.25) is 9.59 Å². The molecule has 1 aliphatic carbocycles. The Morgan fingerprint density at radius 2 is 1.90 bits per heavy atom. The molecule has 2 rings (SSSR count). The van der Waals surface area contributed by atoms with E-state index >= 15 is 0 Å². The average molecular weight is 294 g/mol. The second-order valence-corrected chi connectivity index (χ2v) is 5.63. The minimum Gasteiger partial charge on any atom is -0.481 e. The third-order valence-electron chi connectivity index (χ3n) is 4.48. The van der Waals surface area contributed by atoms with Gasteiger partial charge in [-0.1, -0.05) is 6.42 Å². The van der Waals surface area contributed by atoms with Crippen LogP contribution in [0.25, 0.3) is 0 Å². The van der Waals surface area contributed by atoms with Gasteiger partial charge in [0.25, 0.3) is 0 Å². The van der Waals surface area contributed by atoms with Crippen molar-refractivity contribution >= 4 is 11.9 Å². The van der Waals surface area contributed by atoms with Crippen LogP contribution in [0.15, 0.2) is 0 Å². The molecule has 8 heteroatoms. The molecular weight excluding hydrogens is 277 g/mol. The maximum absolute atomic E-state index is 13.1. The van der Waals surface area contributed by atoms with Gasteiger partial charge in [-0.2, -0.15) is 13.2 Å². The van der Waals surface area contributed by atoms with Crippen LogP contribution in [-0.2, 0) is 9.59 Å². The lowest BCUT2D eigenvalue weighted by atomic mass is 9.68. The Kier molecular flexibility index (Phi) is 3.70. The van der Waals surface area contributed by atoms with E-state index in [0.717, 1.165) is 0 Å². The van der Waals surface area contributed by atoms with Crippen LogP contribution in [0.1, 0.15) is 25.7 Å².